The smallest absolute Gasteiger partial charge is 0.115 e. The van der Waals surface area contributed by atoms with Gasteiger partial charge in [0, 0.05) is 16.6 Å². The van der Waals surface area contributed by atoms with Crippen LogP contribution in [0.2, 0.25) is 0 Å². The second-order valence-electron chi connectivity index (χ2n) is 9.09. The molecule has 2 nitrogen and oxygen atoms in total. The number of phenolic OH excluding ortho intramolecular Hbond substituents is 1. The second kappa shape index (κ2) is 10.4. The Morgan fingerprint density at radius 1 is 0.622 bits per heavy atom. The lowest BCUT2D eigenvalue weighted by molar-refractivity contribution is 0.475. The predicted molar refractivity (Wildman–Crippen MR) is 157 cm³/mol. The lowest BCUT2D eigenvalue weighted by Gasteiger charge is -2.27. The van der Waals surface area contributed by atoms with Gasteiger partial charge in [0.2, 0.25) is 0 Å². The number of phenols is 1. The number of benzene rings is 5. The maximum absolute atomic E-state index is 9.88. The molecule has 5 aromatic carbocycles. The highest BCUT2D eigenvalue weighted by molar-refractivity contribution is 5.85. The van der Waals surface area contributed by atoms with Crippen LogP contribution in [0.1, 0.15) is 5.56 Å². The number of aryl methyl sites for hydroxylation is 1. The van der Waals surface area contributed by atoms with Gasteiger partial charge in [-0.05, 0) is 76.9 Å². The fourth-order valence-electron chi connectivity index (χ4n) is 4.52. The van der Waals surface area contributed by atoms with Gasteiger partial charge >= 0.3 is 0 Å². The fourth-order valence-corrected chi connectivity index (χ4v) is 4.52. The van der Waals surface area contributed by atoms with E-state index in [-0.39, 0.29) is 5.75 Å². The first-order valence-electron chi connectivity index (χ1n) is 12.3. The zero-order chi connectivity index (χ0) is 25.8. The van der Waals surface area contributed by atoms with E-state index in [0.29, 0.717) is 0 Å². The van der Waals surface area contributed by atoms with Crippen molar-refractivity contribution in [3.63, 3.8) is 0 Å². The van der Waals surface area contributed by atoms with Gasteiger partial charge in [0.05, 0.1) is 5.70 Å². The van der Waals surface area contributed by atoms with Crippen molar-refractivity contribution in [2.75, 3.05) is 4.90 Å². The van der Waals surface area contributed by atoms with Gasteiger partial charge in [-0.3, -0.25) is 0 Å². The molecule has 180 valence electrons. The van der Waals surface area contributed by atoms with Crippen molar-refractivity contribution in [2.45, 2.75) is 6.92 Å². The third kappa shape index (κ3) is 5.10. The summed E-state index contributed by atoms with van der Waals surface area (Å²) in [5, 5.41) is 11.8. The minimum atomic E-state index is 0.228. The molecule has 0 aliphatic carbocycles. The van der Waals surface area contributed by atoms with Gasteiger partial charge in [0.1, 0.15) is 5.75 Å². The largest absolute Gasteiger partial charge is 0.508 e. The lowest BCUT2D eigenvalue weighted by Crippen LogP contribution is -2.31. The Kier molecular flexibility index (Phi) is 6.74. The van der Waals surface area contributed by atoms with Crippen LogP contribution in [0, 0.1) is 6.92 Å². The van der Waals surface area contributed by atoms with E-state index in [0.717, 1.165) is 38.6 Å². The molecule has 2 heteroatoms. The summed E-state index contributed by atoms with van der Waals surface area (Å²) in [4.78, 5) is 2.14. The van der Waals surface area contributed by atoms with Crippen LogP contribution in [0.15, 0.2) is 134 Å². The summed E-state index contributed by atoms with van der Waals surface area (Å²) >= 11 is 0. The average Bonchev–Trinajstić information content (AvgIpc) is 2.94. The Hall–Kier alpha value is -4.82. The molecule has 0 heterocycles. The van der Waals surface area contributed by atoms with Crippen molar-refractivity contribution in [3.8, 4) is 28.0 Å². The Morgan fingerprint density at radius 3 is 1.54 bits per heavy atom. The maximum atomic E-state index is 9.88. The summed E-state index contributed by atoms with van der Waals surface area (Å²) in [6, 6.07) is 41.0. The van der Waals surface area contributed by atoms with Crippen molar-refractivity contribution in [2.24, 2.45) is 0 Å². The molecule has 0 spiro atoms. The molecule has 0 bridgehead atoms. The van der Waals surface area contributed by atoms with Crippen molar-refractivity contribution in [1.82, 2.24) is 0 Å². The number of aromatic hydroxyl groups is 1. The molecule has 0 aliphatic rings. The number of anilines is 2. The molecule has 5 rings (SSSR count). The first-order chi connectivity index (χ1) is 18.0. The first kappa shape index (κ1) is 23.9. The Morgan fingerprint density at radius 2 is 1.05 bits per heavy atom. The molecule has 0 aliphatic heterocycles. The fraction of sp³-hybridized carbons (Fsp3) is 0.0286. The maximum Gasteiger partial charge on any atom is 0.115 e. The van der Waals surface area contributed by atoms with E-state index in [1.807, 2.05) is 36.4 Å². The molecule has 0 fully saturated rings. The van der Waals surface area contributed by atoms with E-state index in [4.69, 9.17) is 0 Å². The Balaban J connectivity index is 1.54. The zero-order valence-corrected chi connectivity index (χ0v) is 20.9. The SMILES string of the molecule is C=C/C(=c1/ccccc1=C)N(c1ccc(O)cc1)c1ccc(-c2ccc(-c3ccc(C)cc3)cc2)cc1. The van der Waals surface area contributed by atoms with Gasteiger partial charge in [0.15, 0.2) is 0 Å². The van der Waals surface area contributed by atoms with Crippen LogP contribution in [0.3, 0.4) is 0 Å². The average molecular weight is 480 g/mol. The lowest BCUT2D eigenvalue weighted by atomic mass is 9.99. The summed E-state index contributed by atoms with van der Waals surface area (Å²) in [5.41, 5.74) is 8.82. The number of hydrogen-bond donors (Lipinski definition) is 1. The van der Waals surface area contributed by atoms with Gasteiger partial charge in [-0.15, -0.1) is 0 Å². The van der Waals surface area contributed by atoms with Crippen LogP contribution < -0.4 is 15.3 Å². The normalized spacial score (nSPS) is 11.6. The van der Waals surface area contributed by atoms with Crippen molar-refractivity contribution in [3.05, 3.63) is 150 Å². The molecule has 0 atom stereocenters. The molecule has 0 aromatic heterocycles. The van der Waals surface area contributed by atoms with Crippen molar-refractivity contribution < 1.29 is 5.11 Å². The highest BCUT2D eigenvalue weighted by atomic mass is 16.3. The molecule has 0 radical (unpaired) electrons. The van der Waals surface area contributed by atoms with E-state index >= 15 is 0 Å². The molecule has 0 saturated carbocycles. The van der Waals surface area contributed by atoms with Crippen molar-refractivity contribution >= 4 is 23.7 Å². The molecule has 0 amide bonds. The predicted octanol–water partition coefficient (Wildman–Crippen LogP) is 7.58. The molecule has 37 heavy (non-hydrogen) atoms. The van der Waals surface area contributed by atoms with E-state index in [9.17, 15) is 5.11 Å². The standard InChI is InChI=1S/C35H29NO/c1-4-35(34-8-6-5-7-26(34)3)36(32-21-23-33(37)24-22-32)31-19-17-30(18-20-31)29-15-13-28(14-16-29)27-11-9-25(2)10-12-27/h4-24,37H,1,3H2,2H3/b35-34+. The highest BCUT2D eigenvalue weighted by Crippen LogP contribution is 2.33. The van der Waals surface area contributed by atoms with Gasteiger partial charge in [0.25, 0.3) is 0 Å². The van der Waals surface area contributed by atoms with E-state index in [2.05, 4.69) is 104 Å². The molecule has 0 unspecified atom stereocenters. The molecular weight excluding hydrogens is 450 g/mol. The van der Waals surface area contributed by atoms with Crippen LogP contribution >= 0.6 is 0 Å². The summed E-state index contributed by atoms with van der Waals surface area (Å²) in [7, 11) is 0. The summed E-state index contributed by atoms with van der Waals surface area (Å²) < 4.78 is 0. The number of nitrogens with zero attached hydrogens (tertiary/aromatic N) is 1. The van der Waals surface area contributed by atoms with Crippen molar-refractivity contribution in [1.29, 1.82) is 0 Å². The Bertz CT molecular complexity index is 1630. The molecule has 1 N–H and O–H groups in total. The van der Waals surface area contributed by atoms with Crippen LogP contribution in [0.25, 0.3) is 34.5 Å². The van der Waals surface area contributed by atoms with Gasteiger partial charge in [-0.1, -0.05) is 104 Å². The number of hydrogen-bond acceptors (Lipinski definition) is 2. The summed E-state index contributed by atoms with van der Waals surface area (Å²) in [6.07, 6.45) is 1.86. The molecule has 0 saturated heterocycles. The number of rotatable bonds is 6. The topological polar surface area (TPSA) is 23.5 Å². The third-order valence-electron chi connectivity index (χ3n) is 6.56. The van der Waals surface area contributed by atoms with Crippen LogP contribution in [-0.4, -0.2) is 5.11 Å². The summed E-state index contributed by atoms with van der Waals surface area (Å²) in [5.74, 6) is 0.228. The highest BCUT2D eigenvalue weighted by Gasteiger charge is 2.14. The van der Waals surface area contributed by atoms with Crippen LogP contribution in [0.5, 0.6) is 5.75 Å². The zero-order valence-electron chi connectivity index (χ0n) is 20.9. The Labute approximate surface area is 218 Å². The van der Waals surface area contributed by atoms with Crippen LogP contribution in [0.4, 0.5) is 11.4 Å². The van der Waals surface area contributed by atoms with Gasteiger partial charge < -0.3 is 10.0 Å². The molecule has 5 aromatic rings. The third-order valence-corrected chi connectivity index (χ3v) is 6.56. The van der Waals surface area contributed by atoms with E-state index in [1.54, 1.807) is 12.1 Å². The summed E-state index contributed by atoms with van der Waals surface area (Å²) in [6.45, 7) is 10.4. The monoisotopic (exact) mass is 479 g/mol. The van der Waals surface area contributed by atoms with Gasteiger partial charge in [-0.25, -0.2) is 0 Å². The van der Waals surface area contributed by atoms with Crippen LogP contribution in [-0.2, 0) is 0 Å². The second-order valence-corrected chi connectivity index (χ2v) is 9.09. The quantitative estimate of drug-likeness (QED) is 0.271. The minimum absolute atomic E-state index is 0.228. The minimum Gasteiger partial charge on any atom is -0.508 e. The van der Waals surface area contributed by atoms with E-state index < -0.39 is 0 Å². The van der Waals surface area contributed by atoms with E-state index in [1.165, 1.54) is 16.7 Å². The molecular formula is C35H29NO. The van der Waals surface area contributed by atoms with Gasteiger partial charge in [-0.2, -0.15) is 0 Å². The first-order valence-corrected chi connectivity index (χ1v) is 12.3.